The van der Waals surface area contributed by atoms with Gasteiger partial charge in [-0.25, -0.2) is 0 Å². The first-order valence-electron chi connectivity index (χ1n) is 9.20. The Hall–Kier alpha value is -0.0800. The Morgan fingerprint density at radius 1 is 1.00 bits per heavy atom. The maximum atomic E-state index is 3.70. The summed E-state index contributed by atoms with van der Waals surface area (Å²) >= 11 is 0. The van der Waals surface area contributed by atoms with Gasteiger partial charge < -0.3 is 10.2 Å². The Kier molecular flexibility index (Phi) is 5.39. The van der Waals surface area contributed by atoms with Crippen molar-refractivity contribution >= 4 is 0 Å². The van der Waals surface area contributed by atoms with Gasteiger partial charge in [0.1, 0.15) is 0 Å². The summed E-state index contributed by atoms with van der Waals surface area (Å²) in [6.07, 6.45) is 13.5. The molecule has 0 saturated heterocycles. The molecule has 3 saturated carbocycles. The van der Waals surface area contributed by atoms with Crippen molar-refractivity contribution in [3.8, 4) is 0 Å². The van der Waals surface area contributed by atoms with E-state index in [1.54, 1.807) is 6.42 Å². The van der Waals surface area contributed by atoms with Crippen LogP contribution in [0.4, 0.5) is 0 Å². The van der Waals surface area contributed by atoms with E-state index < -0.39 is 0 Å². The van der Waals surface area contributed by atoms with Gasteiger partial charge in [-0.2, -0.15) is 0 Å². The number of nitrogens with one attached hydrogen (secondary N) is 1. The van der Waals surface area contributed by atoms with Gasteiger partial charge in [0.25, 0.3) is 0 Å². The molecular formula is C18H34N2. The predicted molar refractivity (Wildman–Crippen MR) is 85.9 cm³/mol. The van der Waals surface area contributed by atoms with Crippen LogP contribution in [0.5, 0.6) is 0 Å². The molecule has 0 radical (unpaired) electrons. The average molecular weight is 278 g/mol. The largest absolute Gasteiger partial charge is 0.315 e. The van der Waals surface area contributed by atoms with E-state index in [0.29, 0.717) is 0 Å². The molecule has 20 heavy (non-hydrogen) atoms. The third kappa shape index (κ3) is 3.98. The number of fused-ring (bicyclic) bond motifs is 2. The maximum Gasteiger partial charge on any atom is 0.0104 e. The zero-order valence-corrected chi connectivity index (χ0v) is 13.4. The first kappa shape index (κ1) is 14.8. The van der Waals surface area contributed by atoms with E-state index in [4.69, 9.17) is 0 Å². The van der Waals surface area contributed by atoms with E-state index in [0.717, 1.165) is 23.7 Å². The molecule has 0 aromatic heterocycles. The highest BCUT2D eigenvalue weighted by Gasteiger charge is 2.39. The van der Waals surface area contributed by atoms with Crippen LogP contribution in [-0.4, -0.2) is 38.1 Å². The van der Waals surface area contributed by atoms with Crippen LogP contribution in [0, 0.1) is 23.7 Å². The third-order valence-corrected chi connectivity index (χ3v) is 6.26. The number of hydrogen-bond donors (Lipinski definition) is 1. The van der Waals surface area contributed by atoms with Gasteiger partial charge >= 0.3 is 0 Å². The second kappa shape index (κ2) is 7.26. The fourth-order valence-electron chi connectivity index (χ4n) is 5.06. The van der Waals surface area contributed by atoms with Crippen LogP contribution in [0.15, 0.2) is 0 Å². The van der Waals surface area contributed by atoms with Crippen molar-refractivity contribution in [1.82, 2.24) is 10.2 Å². The second-order valence-electron chi connectivity index (χ2n) is 7.91. The quantitative estimate of drug-likeness (QED) is 0.717. The molecule has 0 spiro atoms. The van der Waals surface area contributed by atoms with Crippen LogP contribution in [0.25, 0.3) is 0 Å². The van der Waals surface area contributed by atoms with Crippen molar-refractivity contribution in [1.29, 1.82) is 0 Å². The lowest BCUT2D eigenvalue weighted by molar-refractivity contribution is 0.218. The summed E-state index contributed by atoms with van der Waals surface area (Å²) in [7, 11) is 2.33. The molecule has 0 amide bonds. The maximum absolute atomic E-state index is 3.70. The predicted octanol–water partition coefficient (Wildman–Crippen LogP) is 3.52. The van der Waals surface area contributed by atoms with Crippen molar-refractivity contribution in [2.75, 3.05) is 33.2 Å². The molecule has 0 aromatic carbocycles. The smallest absolute Gasteiger partial charge is 0.0104 e. The van der Waals surface area contributed by atoms with Gasteiger partial charge in [0.2, 0.25) is 0 Å². The minimum absolute atomic E-state index is 0.972. The summed E-state index contributed by atoms with van der Waals surface area (Å²) in [5.41, 5.74) is 0. The lowest BCUT2D eigenvalue weighted by Gasteiger charge is -2.27. The SMILES string of the molecule is CN(CCNCC1CCCCC1)CC1CC2CCC1C2. The fourth-order valence-corrected chi connectivity index (χ4v) is 5.06. The van der Waals surface area contributed by atoms with Gasteiger partial charge in [0.15, 0.2) is 0 Å². The Balaban J connectivity index is 1.25. The van der Waals surface area contributed by atoms with Crippen LogP contribution >= 0.6 is 0 Å². The van der Waals surface area contributed by atoms with E-state index >= 15 is 0 Å². The molecule has 3 aliphatic rings. The van der Waals surface area contributed by atoms with Crippen molar-refractivity contribution in [2.24, 2.45) is 23.7 Å². The Morgan fingerprint density at radius 3 is 2.55 bits per heavy atom. The number of hydrogen-bond acceptors (Lipinski definition) is 2. The van der Waals surface area contributed by atoms with Gasteiger partial charge in [-0.3, -0.25) is 0 Å². The van der Waals surface area contributed by atoms with E-state index in [2.05, 4.69) is 17.3 Å². The summed E-state index contributed by atoms with van der Waals surface area (Å²) in [4.78, 5) is 2.58. The topological polar surface area (TPSA) is 15.3 Å². The highest BCUT2D eigenvalue weighted by molar-refractivity contribution is 4.90. The van der Waals surface area contributed by atoms with Crippen LogP contribution in [0.1, 0.15) is 57.8 Å². The summed E-state index contributed by atoms with van der Waals surface area (Å²) in [5.74, 6) is 4.18. The summed E-state index contributed by atoms with van der Waals surface area (Å²) < 4.78 is 0. The van der Waals surface area contributed by atoms with Gasteiger partial charge in [-0.1, -0.05) is 25.7 Å². The molecule has 3 unspecified atom stereocenters. The van der Waals surface area contributed by atoms with Crippen LogP contribution in [0.2, 0.25) is 0 Å². The zero-order chi connectivity index (χ0) is 13.8. The van der Waals surface area contributed by atoms with Crippen LogP contribution < -0.4 is 5.32 Å². The highest BCUT2D eigenvalue weighted by Crippen LogP contribution is 2.48. The first-order valence-corrected chi connectivity index (χ1v) is 9.20. The van der Waals surface area contributed by atoms with Crippen molar-refractivity contribution < 1.29 is 0 Å². The minimum Gasteiger partial charge on any atom is -0.315 e. The molecule has 3 atom stereocenters. The number of nitrogens with zero attached hydrogens (tertiary/aromatic N) is 1. The Bertz CT molecular complexity index is 285. The minimum atomic E-state index is 0.972. The second-order valence-corrected chi connectivity index (χ2v) is 7.91. The van der Waals surface area contributed by atoms with Crippen LogP contribution in [0.3, 0.4) is 0 Å². The monoisotopic (exact) mass is 278 g/mol. The first-order chi connectivity index (χ1) is 9.81. The highest BCUT2D eigenvalue weighted by atomic mass is 15.1. The van der Waals surface area contributed by atoms with E-state index in [1.165, 1.54) is 77.5 Å². The van der Waals surface area contributed by atoms with Gasteiger partial charge in [0, 0.05) is 19.6 Å². The van der Waals surface area contributed by atoms with E-state index in [-0.39, 0.29) is 0 Å². The third-order valence-electron chi connectivity index (χ3n) is 6.26. The lowest BCUT2D eigenvalue weighted by Crippen LogP contribution is -2.35. The van der Waals surface area contributed by atoms with E-state index in [9.17, 15) is 0 Å². The Morgan fingerprint density at radius 2 is 1.85 bits per heavy atom. The molecule has 3 fully saturated rings. The summed E-state index contributed by atoms with van der Waals surface area (Å²) in [5, 5.41) is 3.70. The molecule has 2 heteroatoms. The fraction of sp³-hybridized carbons (Fsp3) is 1.00. The normalized spacial score (nSPS) is 34.2. The van der Waals surface area contributed by atoms with Crippen molar-refractivity contribution in [3.05, 3.63) is 0 Å². The standard InChI is InChI=1S/C18H34N2/c1-20(14-18-12-16-7-8-17(18)11-16)10-9-19-13-15-5-3-2-4-6-15/h15-19H,2-14H2,1H3. The summed E-state index contributed by atoms with van der Waals surface area (Å²) in [6, 6.07) is 0. The van der Waals surface area contributed by atoms with Gasteiger partial charge in [-0.05, 0) is 69.4 Å². The molecule has 3 aliphatic carbocycles. The molecule has 116 valence electrons. The molecule has 3 rings (SSSR count). The molecule has 0 aliphatic heterocycles. The zero-order valence-electron chi connectivity index (χ0n) is 13.4. The van der Waals surface area contributed by atoms with Crippen LogP contribution in [-0.2, 0) is 0 Å². The van der Waals surface area contributed by atoms with Gasteiger partial charge in [-0.15, -0.1) is 0 Å². The molecule has 1 N–H and O–H groups in total. The van der Waals surface area contributed by atoms with Crippen molar-refractivity contribution in [2.45, 2.75) is 57.8 Å². The van der Waals surface area contributed by atoms with Gasteiger partial charge in [0.05, 0.1) is 0 Å². The molecule has 0 aromatic rings. The molecular weight excluding hydrogens is 244 g/mol. The molecule has 0 heterocycles. The Labute approximate surface area is 125 Å². The summed E-state index contributed by atoms with van der Waals surface area (Å²) in [6.45, 7) is 5.04. The average Bonchev–Trinajstić information content (AvgIpc) is 3.07. The molecule has 2 bridgehead atoms. The van der Waals surface area contributed by atoms with E-state index in [1.807, 2.05) is 0 Å². The number of likely N-dealkylation sites (N-methyl/N-ethyl adjacent to an activating group) is 1. The number of rotatable bonds is 7. The molecule has 2 nitrogen and oxygen atoms in total. The van der Waals surface area contributed by atoms with Crippen molar-refractivity contribution in [3.63, 3.8) is 0 Å². The lowest BCUT2D eigenvalue weighted by atomic mass is 9.88.